The number of rotatable bonds is 4. The highest BCUT2D eigenvalue weighted by molar-refractivity contribution is 5.52. The Hall–Kier alpha value is -1.60. The fourth-order valence-corrected chi connectivity index (χ4v) is 1.65. The first-order valence-electron chi connectivity index (χ1n) is 5.17. The van der Waals surface area contributed by atoms with Crippen molar-refractivity contribution in [3.63, 3.8) is 0 Å². The van der Waals surface area contributed by atoms with E-state index in [1.165, 1.54) is 12.8 Å². The standard InChI is InChI=1S/C11H14N4/c12-6-9-2-1-5-14-11(9)15-10(7-13)8-3-4-8/h1-2,5,8,10H,3-4,7,13H2,(H,14,15). The number of nitriles is 1. The Bertz CT molecular complexity index is 378. The molecule has 0 saturated heterocycles. The predicted molar refractivity (Wildman–Crippen MR) is 58.1 cm³/mol. The van der Waals surface area contributed by atoms with Gasteiger partial charge in [-0.3, -0.25) is 0 Å². The molecule has 1 fully saturated rings. The molecule has 2 rings (SSSR count). The SMILES string of the molecule is N#Cc1cccnc1NC(CN)C1CC1. The molecule has 0 bridgehead atoms. The molecule has 0 aromatic carbocycles. The maximum atomic E-state index is 8.90. The first kappa shape index (κ1) is 9.94. The van der Waals surface area contributed by atoms with Gasteiger partial charge in [-0.15, -0.1) is 0 Å². The lowest BCUT2D eigenvalue weighted by molar-refractivity contribution is 0.642. The summed E-state index contributed by atoms with van der Waals surface area (Å²) in [5.74, 6) is 1.31. The number of anilines is 1. The van der Waals surface area contributed by atoms with E-state index in [4.69, 9.17) is 11.0 Å². The molecule has 0 aliphatic heterocycles. The van der Waals surface area contributed by atoms with Crippen molar-refractivity contribution in [2.75, 3.05) is 11.9 Å². The van der Waals surface area contributed by atoms with Crippen molar-refractivity contribution in [2.24, 2.45) is 11.7 Å². The fourth-order valence-electron chi connectivity index (χ4n) is 1.65. The molecule has 1 aromatic heterocycles. The lowest BCUT2D eigenvalue weighted by Gasteiger charge is -2.17. The number of nitrogens with one attached hydrogen (secondary N) is 1. The Morgan fingerprint density at radius 2 is 2.47 bits per heavy atom. The van der Waals surface area contributed by atoms with E-state index in [1.54, 1.807) is 18.3 Å². The summed E-state index contributed by atoms with van der Waals surface area (Å²) in [4.78, 5) is 4.16. The molecule has 15 heavy (non-hydrogen) atoms. The first-order valence-corrected chi connectivity index (χ1v) is 5.17. The second kappa shape index (κ2) is 4.28. The molecule has 1 aliphatic carbocycles. The van der Waals surface area contributed by atoms with Crippen LogP contribution in [0, 0.1) is 17.2 Å². The van der Waals surface area contributed by atoms with Crippen LogP contribution in [0.15, 0.2) is 18.3 Å². The molecule has 0 amide bonds. The van der Waals surface area contributed by atoms with Crippen molar-refractivity contribution in [2.45, 2.75) is 18.9 Å². The zero-order valence-corrected chi connectivity index (χ0v) is 8.48. The third-order valence-corrected chi connectivity index (χ3v) is 2.70. The quantitative estimate of drug-likeness (QED) is 0.766. The van der Waals surface area contributed by atoms with Gasteiger partial charge in [-0.1, -0.05) is 0 Å². The number of pyridine rings is 1. The van der Waals surface area contributed by atoms with Crippen LogP contribution in [-0.2, 0) is 0 Å². The molecule has 4 heteroatoms. The summed E-state index contributed by atoms with van der Waals surface area (Å²) in [5.41, 5.74) is 6.26. The summed E-state index contributed by atoms with van der Waals surface area (Å²) in [5, 5.41) is 12.1. The molecule has 1 aromatic rings. The van der Waals surface area contributed by atoms with E-state index in [9.17, 15) is 0 Å². The first-order chi connectivity index (χ1) is 7.35. The third-order valence-electron chi connectivity index (χ3n) is 2.70. The van der Waals surface area contributed by atoms with E-state index in [2.05, 4.69) is 16.4 Å². The molecule has 3 N–H and O–H groups in total. The zero-order chi connectivity index (χ0) is 10.7. The molecule has 1 heterocycles. The molecule has 1 saturated carbocycles. The van der Waals surface area contributed by atoms with E-state index in [0.717, 1.165) is 0 Å². The summed E-state index contributed by atoms with van der Waals surface area (Å²) in [6.07, 6.45) is 4.14. The zero-order valence-electron chi connectivity index (χ0n) is 8.48. The average molecular weight is 202 g/mol. The van der Waals surface area contributed by atoms with Gasteiger partial charge >= 0.3 is 0 Å². The van der Waals surface area contributed by atoms with Crippen molar-refractivity contribution in [3.8, 4) is 6.07 Å². The summed E-state index contributed by atoms with van der Waals surface area (Å²) in [7, 11) is 0. The minimum Gasteiger partial charge on any atom is -0.365 e. The van der Waals surface area contributed by atoms with E-state index >= 15 is 0 Å². The van der Waals surface area contributed by atoms with Crippen LogP contribution in [0.5, 0.6) is 0 Å². The van der Waals surface area contributed by atoms with Crippen LogP contribution in [0.3, 0.4) is 0 Å². The molecular weight excluding hydrogens is 188 g/mol. The van der Waals surface area contributed by atoms with Gasteiger partial charge in [0.25, 0.3) is 0 Å². The van der Waals surface area contributed by atoms with Crippen molar-refractivity contribution in [3.05, 3.63) is 23.9 Å². The Balaban J connectivity index is 2.12. The molecule has 1 atom stereocenters. The number of nitrogens with zero attached hydrogens (tertiary/aromatic N) is 2. The lowest BCUT2D eigenvalue weighted by atomic mass is 10.1. The number of hydrogen-bond acceptors (Lipinski definition) is 4. The lowest BCUT2D eigenvalue weighted by Crippen LogP contribution is -2.31. The van der Waals surface area contributed by atoms with Gasteiger partial charge in [0.15, 0.2) is 0 Å². The highest BCUT2D eigenvalue weighted by atomic mass is 15.0. The van der Waals surface area contributed by atoms with E-state index in [-0.39, 0.29) is 6.04 Å². The minimum absolute atomic E-state index is 0.256. The van der Waals surface area contributed by atoms with Gasteiger partial charge in [0, 0.05) is 18.8 Å². The fraction of sp³-hybridized carbons (Fsp3) is 0.455. The summed E-state index contributed by atoms with van der Waals surface area (Å²) < 4.78 is 0. The van der Waals surface area contributed by atoms with E-state index in [0.29, 0.717) is 23.8 Å². The molecule has 78 valence electrons. The molecule has 0 radical (unpaired) electrons. The van der Waals surface area contributed by atoms with Crippen molar-refractivity contribution < 1.29 is 0 Å². The average Bonchev–Trinajstić information content (AvgIpc) is 3.10. The monoisotopic (exact) mass is 202 g/mol. The van der Waals surface area contributed by atoms with E-state index < -0.39 is 0 Å². The Labute approximate surface area is 89.1 Å². The third kappa shape index (κ3) is 2.25. The Morgan fingerprint density at radius 3 is 3.07 bits per heavy atom. The second-order valence-corrected chi connectivity index (χ2v) is 3.84. The van der Waals surface area contributed by atoms with Crippen LogP contribution < -0.4 is 11.1 Å². The van der Waals surface area contributed by atoms with Crippen LogP contribution in [0.4, 0.5) is 5.82 Å². The van der Waals surface area contributed by atoms with Crippen molar-refractivity contribution in [1.82, 2.24) is 4.98 Å². The second-order valence-electron chi connectivity index (χ2n) is 3.84. The highest BCUT2D eigenvalue weighted by Crippen LogP contribution is 2.33. The van der Waals surface area contributed by atoms with E-state index in [1.807, 2.05) is 0 Å². The summed E-state index contributed by atoms with van der Waals surface area (Å²) >= 11 is 0. The Kier molecular flexibility index (Phi) is 2.84. The van der Waals surface area contributed by atoms with Crippen LogP contribution in [0.1, 0.15) is 18.4 Å². The minimum atomic E-state index is 0.256. The molecule has 1 aliphatic rings. The van der Waals surface area contributed by atoms with Gasteiger partial charge in [-0.05, 0) is 30.9 Å². The Morgan fingerprint density at radius 1 is 1.67 bits per heavy atom. The summed E-state index contributed by atoms with van der Waals surface area (Å²) in [6, 6.07) is 5.90. The molecular formula is C11H14N4. The predicted octanol–water partition coefficient (Wildman–Crippen LogP) is 1.10. The van der Waals surface area contributed by atoms with Gasteiger partial charge in [0.05, 0.1) is 5.56 Å². The van der Waals surface area contributed by atoms with Crippen LogP contribution in [0.2, 0.25) is 0 Å². The van der Waals surface area contributed by atoms with Crippen molar-refractivity contribution in [1.29, 1.82) is 5.26 Å². The van der Waals surface area contributed by atoms with Gasteiger partial charge in [-0.2, -0.15) is 5.26 Å². The highest BCUT2D eigenvalue weighted by Gasteiger charge is 2.30. The maximum absolute atomic E-state index is 8.90. The number of hydrogen-bond donors (Lipinski definition) is 2. The number of aromatic nitrogens is 1. The van der Waals surface area contributed by atoms with Crippen LogP contribution in [0.25, 0.3) is 0 Å². The molecule has 4 nitrogen and oxygen atoms in total. The largest absolute Gasteiger partial charge is 0.365 e. The van der Waals surface area contributed by atoms with Gasteiger partial charge in [-0.25, -0.2) is 4.98 Å². The maximum Gasteiger partial charge on any atom is 0.144 e. The van der Waals surface area contributed by atoms with Gasteiger partial charge in [0.2, 0.25) is 0 Å². The normalized spacial score (nSPS) is 16.8. The molecule has 0 spiro atoms. The van der Waals surface area contributed by atoms with Gasteiger partial charge < -0.3 is 11.1 Å². The number of nitrogens with two attached hydrogens (primary N) is 1. The smallest absolute Gasteiger partial charge is 0.144 e. The summed E-state index contributed by atoms with van der Waals surface area (Å²) in [6.45, 7) is 0.589. The van der Waals surface area contributed by atoms with Crippen LogP contribution in [-0.4, -0.2) is 17.6 Å². The van der Waals surface area contributed by atoms with Crippen LogP contribution >= 0.6 is 0 Å². The molecule has 1 unspecified atom stereocenters. The van der Waals surface area contributed by atoms with Gasteiger partial charge in [0.1, 0.15) is 11.9 Å². The van der Waals surface area contributed by atoms with Crippen molar-refractivity contribution >= 4 is 5.82 Å². The topological polar surface area (TPSA) is 74.7 Å².